The van der Waals surface area contributed by atoms with Crippen molar-refractivity contribution in [2.45, 2.75) is 0 Å². The first kappa shape index (κ1) is 22.4. The molecule has 8 nitrogen and oxygen atoms in total. The Bertz CT molecular complexity index is 1160. The number of methoxy groups -OCH3 is 3. The molecule has 164 valence electrons. The van der Waals surface area contributed by atoms with Gasteiger partial charge < -0.3 is 19.5 Å². The minimum absolute atomic E-state index is 0.121. The molecule has 0 heterocycles. The first-order chi connectivity index (χ1) is 15.4. The number of hydrogen-bond donors (Lipinski definition) is 1. The minimum Gasteiger partial charge on any atom is -0.497 e. The van der Waals surface area contributed by atoms with Gasteiger partial charge in [0.2, 0.25) is 0 Å². The summed E-state index contributed by atoms with van der Waals surface area (Å²) in [5.74, 6) is 1.09. The molecule has 0 saturated carbocycles. The summed E-state index contributed by atoms with van der Waals surface area (Å²) in [6, 6.07) is 16.5. The fraction of sp³-hybridized carbons (Fsp3) is 0.125. The highest BCUT2D eigenvalue weighted by Crippen LogP contribution is 2.31. The molecule has 0 aliphatic carbocycles. The molecular formula is C24H22N2O6. The Hall–Kier alpha value is -4.33. The van der Waals surface area contributed by atoms with Crippen molar-refractivity contribution in [1.29, 1.82) is 0 Å². The van der Waals surface area contributed by atoms with E-state index < -0.39 is 10.8 Å². The molecule has 3 aromatic carbocycles. The Labute approximate surface area is 185 Å². The molecule has 8 heteroatoms. The first-order valence-corrected chi connectivity index (χ1v) is 9.59. The maximum Gasteiger partial charge on any atom is 0.271 e. The summed E-state index contributed by atoms with van der Waals surface area (Å²) in [6.07, 6.45) is 3.62. The molecule has 0 aliphatic rings. The van der Waals surface area contributed by atoms with Crippen LogP contribution in [0.15, 0.2) is 60.7 Å². The number of rotatable bonds is 8. The largest absolute Gasteiger partial charge is 0.497 e. The third-order valence-electron chi connectivity index (χ3n) is 4.67. The maximum atomic E-state index is 13.1. The van der Waals surface area contributed by atoms with Crippen molar-refractivity contribution < 1.29 is 23.9 Å². The van der Waals surface area contributed by atoms with Crippen LogP contribution in [0.4, 0.5) is 11.4 Å². The summed E-state index contributed by atoms with van der Waals surface area (Å²) in [4.78, 5) is 23.7. The summed E-state index contributed by atoms with van der Waals surface area (Å²) in [6.45, 7) is 0. The van der Waals surface area contributed by atoms with E-state index in [1.807, 2.05) is 30.3 Å². The van der Waals surface area contributed by atoms with E-state index in [1.165, 1.54) is 32.4 Å². The summed E-state index contributed by atoms with van der Waals surface area (Å²) in [5, 5.41) is 13.7. The number of nitro benzene ring substituents is 1. The lowest BCUT2D eigenvalue weighted by Gasteiger charge is -2.14. The van der Waals surface area contributed by atoms with Crippen molar-refractivity contribution in [3.05, 3.63) is 87.5 Å². The number of nitrogens with one attached hydrogen (secondary N) is 1. The average Bonchev–Trinajstić information content (AvgIpc) is 2.82. The van der Waals surface area contributed by atoms with Gasteiger partial charge in [-0.2, -0.15) is 0 Å². The second kappa shape index (κ2) is 10.1. The Morgan fingerprint density at radius 1 is 0.906 bits per heavy atom. The van der Waals surface area contributed by atoms with Crippen molar-refractivity contribution in [3.8, 4) is 17.2 Å². The van der Waals surface area contributed by atoms with Crippen LogP contribution in [0.1, 0.15) is 21.5 Å². The van der Waals surface area contributed by atoms with Gasteiger partial charge in [-0.25, -0.2) is 0 Å². The predicted molar refractivity (Wildman–Crippen MR) is 123 cm³/mol. The Kier molecular flexibility index (Phi) is 7.07. The van der Waals surface area contributed by atoms with Crippen LogP contribution in [0.3, 0.4) is 0 Å². The van der Waals surface area contributed by atoms with Gasteiger partial charge in [-0.3, -0.25) is 14.9 Å². The zero-order valence-electron chi connectivity index (χ0n) is 17.8. The molecule has 1 amide bonds. The molecule has 0 aliphatic heterocycles. The lowest BCUT2D eigenvalue weighted by molar-refractivity contribution is -0.384. The quantitative estimate of drug-likeness (QED) is 0.303. The Morgan fingerprint density at radius 3 is 2.25 bits per heavy atom. The first-order valence-electron chi connectivity index (χ1n) is 9.59. The van der Waals surface area contributed by atoms with E-state index in [0.29, 0.717) is 22.7 Å². The van der Waals surface area contributed by atoms with Gasteiger partial charge in [-0.1, -0.05) is 30.4 Å². The molecule has 0 spiro atoms. The number of nitrogens with zero attached hydrogens (tertiary/aromatic N) is 1. The highest BCUT2D eigenvalue weighted by atomic mass is 16.6. The van der Waals surface area contributed by atoms with Gasteiger partial charge in [0, 0.05) is 23.9 Å². The van der Waals surface area contributed by atoms with E-state index in [9.17, 15) is 14.9 Å². The predicted octanol–water partition coefficient (Wildman–Crippen LogP) is 5.04. The van der Waals surface area contributed by atoms with E-state index in [1.54, 1.807) is 31.4 Å². The molecule has 32 heavy (non-hydrogen) atoms. The molecule has 0 atom stereocenters. The molecular weight excluding hydrogens is 412 g/mol. The topological polar surface area (TPSA) is 99.9 Å². The van der Waals surface area contributed by atoms with Gasteiger partial charge in [0.05, 0.1) is 31.8 Å². The highest BCUT2D eigenvalue weighted by Gasteiger charge is 2.19. The van der Waals surface area contributed by atoms with Crippen LogP contribution >= 0.6 is 0 Å². The van der Waals surface area contributed by atoms with E-state index in [0.717, 1.165) is 11.3 Å². The fourth-order valence-electron chi connectivity index (χ4n) is 3.06. The molecule has 1 N–H and O–H groups in total. The van der Waals surface area contributed by atoms with Crippen LogP contribution in [0, 0.1) is 10.1 Å². The van der Waals surface area contributed by atoms with Gasteiger partial charge in [0.1, 0.15) is 17.2 Å². The van der Waals surface area contributed by atoms with Crippen molar-refractivity contribution in [2.24, 2.45) is 0 Å². The highest BCUT2D eigenvalue weighted by molar-refractivity contribution is 6.09. The van der Waals surface area contributed by atoms with Crippen LogP contribution in [-0.4, -0.2) is 32.2 Å². The van der Waals surface area contributed by atoms with Gasteiger partial charge in [0.15, 0.2) is 0 Å². The third kappa shape index (κ3) is 5.23. The van der Waals surface area contributed by atoms with Crippen molar-refractivity contribution in [2.75, 3.05) is 26.6 Å². The van der Waals surface area contributed by atoms with E-state index >= 15 is 0 Å². The van der Waals surface area contributed by atoms with Crippen molar-refractivity contribution in [3.63, 3.8) is 0 Å². The summed E-state index contributed by atoms with van der Waals surface area (Å²) < 4.78 is 15.9. The van der Waals surface area contributed by atoms with E-state index in [2.05, 4.69) is 5.32 Å². The number of benzene rings is 3. The second-order valence-corrected chi connectivity index (χ2v) is 6.66. The number of carbonyl (C=O) groups is 1. The van der Waals surface area contributed by atoms with Crippen LogP contribution in [0.2, 0.25) is 0 Å². The van der Waals surface area contributed by atoms with Gasteiger partial charge in [-0.05, 0) is 35.4 Å². The monoisotopic (exact) mass is 434 g/mol. The Morgan fingerprint density at radius 2 is 1.62 bits per heavy atom. The maximum absolute atomic E-state index is 13.1. The van der Waals surface area contributed by atoms with Gasteiger partial charge >= 0.3 is 0 Å². The standard InChI is InChI=1S/C24H22N2O6/c1-30-20-11-8-16(9-12-20)7-10-17-13-21(31-2)15-22(32-3)23(17)24(27)25-18-5-4-6-19(14-18)26(28)29/h4-15H,1-3H3,(H,25,27)/b10-7+. The van der Waals surface area contributed by atoms with Crippen LogP contribution < -0.4 is 19.5 Å². The van der Waals surface area contributed by atoms with Crippen molar-refractivity contribution >= 4 is 29.4 Å². The lowest BCUT2D eigenvalue weighted by atomic mass is 10.0. The molecule has 0 aromatic heterocycles. The number of anilines is 1. The average molecular weight is 434 g/mol. The zero-order chi connectivity index (χ0) is 23.1. The lowest BCUT2D eigenvalue weighted by Crippen LogP contribution is -2.15. The fourth-order valence-corrected chi connectivity index (χ4v) is 3.06. The molecule has 3 rings (SSSR count). The SMILES string of the molecule is COc1ccc(/C=C/c2cc(OC)cc(OC)c2C(=O)Nc2cccc([N+](=O)[O-])c2)cc1. The van der Waals surface area contributed by atoms with Crippen LogP contribution in [0.25, 0.3) is 12.2 Å². The smallest absolute Gasteiger partial charge is 0.271 e. The Balaban J connectivity index is 1.99. The summed E-state index contributed by atoms with van der Waals surface area (Å²) in [5.41, 5.74) is 1.90. The number of amides is 1. The van der Waals surface area contributed by atoms with E-state index in [4.69, 9.17) is 14.2 Å². The van der Waals surface area contributed by atoms with Crippen LogP contribution in [0.5, 0.6) is 17.2 Å². The number of carbonyl (C=O) groups excluding carboxylic acids is 1. The number of nitro groups is 1. The number of ether oxygens (including phenoxy) is 3. The van der Waals surface area contributed by atoms with Crippen LogP contribution in [-0.2, 0) is 0 Å². The zero-order valence-corrected chi connectivity index (χ0v) is 17.8. The molecule has 0 radical (unpaired) electrons. The molecule has 0 unspecified atom stereocenters. The van der Waals surface area contributed by atoms with E-state index in [-0.39, 0.29) is 11.3 Å². The van der Waals surface area contributed by atoms with Crippen molar-refractivity contribution in [1.82, 2.24) is 0 Å². The molecule has 0 fully saturated rings. The number of non-ortho nitro benzene ring substituents is 1. The second-order valence-electron chi connectivity index (χ2n) is 6.66. The normalized spacial score (nSPS) is 10.6. The van der Waals surface area contributed by atoms with Gasteiger partial charge in [-0.15, -0.1) is 0 Å². The summed E-state index contributed by atoms with van der Waals surface area (Å²) in [7, 11) is 4.57. The third-order valence-corrected chi connectivity index (χ3v) is 4.67. The number of hydrogen-bond acceptors (Lipinski definition) is 6. The molecule has 0 saturated heterocycles. The molecule has 0 bridgehead atoms. The summed E-state index contributed by atoms with van der Waals surface area (Å²) >= 11 is 0. The molecule has 3 aromatic rings. The minimum atomic E-state index is -0.521. The van der Waals surface area contributed by atoms with Gasteiger partial charge in [0.25, 0.3) is 11.6 Å².